The predicted octanol–water partition coefficient (Wildman–Crippen LogP) is 0.289. The molecular formula is C15H21N6O5PS. The van der Waals surface area contributed by atoms with E-state index in [4.69, 9.17) is 31.3 Å². The van der Waals surface area contributed by atoms with Crippen LogP contribution in [0.25, 0.3) is 11.2 Å². The molecule has 13 heteroatoms. The van der Waals surface area contributed by atoms with E-state index in [0.717, 1.165) is 32.4 Å². The minimum atomic E-state index is -3.38. The molecule has 3 fully saturated rings. The van der Waals surface area contributed by atoms with E-state index in [1.54, 1.807) is 4.57 Å². The van der Waals surface area contributed by atoms with Crippen LogP contribution in [-0.4, -0.2) is 67.5 Å². The Morgan fingerprint density at radius 3 is 2.82 bits per heavy atom. The minimum Gasteiger partial charge on any atom is -0.386 e. The lowest BCUT2D eigenvalue weighted by Gasteiger charge is -2.30. The number of nitrogen functional groups attached to an aromatic ring is 1. The van der Waals surface area contributed by atoms with Gasteiger partial charge in [-0.3, -0.25) is 9.09 Å². The van der Waals surface area contributed by atoms with Crippen LogP contribution in [0.4, 0.5) is 11.8 Å². The molecule has 5 rings (SSSR count). The van der Waals surface area contributed by atoms with Gasteiger partial charge in [0.1, 0.15) is 24.6 Å². The van der Waals surface area contributed by atoms with Gasteiger partial charge in [0, 0.05) is 13.1 Å². The van der Waals surface area contributed by atoms with E-state index in [-0.39, 0.29) is 12.4 Å². The molecule has 152 valence electrons. The van der Waals surface area contributed by atoms with Gasteiger partial charge in [-0.2, -0.15) is 0 Å². The molecule has 3 saturated heterocycles. The van der Waals surface area contributed by atoms with Gasteiger partial charge in [0.2, 0.25) is 5.95 Å². The fourth-order valence-electron chi connectivity index (χ4n) is 4.02. The van der Waals surface area contributed by atoms with Crippen LogP contribution in [0.15, 0.2) is 6.33 Å². The molecule has 3 aliphatic rings. The van der Waals surface area contributed by atoms with Crippen LogP contribution in [-0.2, 0) is 25.6 Å². The smallest absolute Gasteiger partial charge is 0.325 e. The Balaban J connectivity index is 1.60. The Labute approximate surface area is 165 Å². The highest BCUT2D eigenvalue weighted by atomic mass is 32.5. The number of anilines is 2. The van der Waals surface area contributed by atoms with Crippen LogP contribution in [0.5, 0.6) is 0 Å². The van der Waals surface area contributed by atoms with Crippen molar-refractivity contribution in [2.45, 2.75) is 43.8 Å². The van der Waals surface area contributed by atoms with Gasteiger partial charge in [0.05, 0.1) is 6.61 Å². The molecule has 0 saturated carbocycles. The third kappa shape index (κ3) is 3.00. The van der Waals surface area contributed by atoms with E-state index in [2.05, 4.69) is 19.9 Å². The Morgan fingerprint density at radius 1 is 1.25 bits per heavy atom. The number of imidazole rings is 1. The fourth-order valence-corrected chi connectivity index (χ4v) is 5.46. The number of piperidine rings is 1. The van der Waals surface area contributed by atoms with Gasteiger partial charge >= 0.3 is 6.72 Å². The maximum absolute atomic E-state index is 11.0. The van der Waals surface area contributed by atoms with Gasteiger partial charge < -0.3 is 29.9 Å². The van der Waals surface area contributed by atoms with Crippen LogP contribution in [0, 0.1) is 0 Å². The summed E-state index contributed by atoms with van der Waals surface area (Å²) in [4.78, 5) is 25.1. The van der Waals surface area contributed by atoms with Crippen LogP contribution >= 0.6 is 6.72 Å². The summed E-state index contributed by atoms with van der Waals surface area (Å²) in [6.45, 7) is -1.66. The largest absolute Gasteiger partial charge is 0.386 e. The van der Waals surface area contributed by atoms with Crippen LogP contribution < -0.4 is 10.6 Å². The summed E-state index contributed by atoms with van der Waals surface area (Å²) >= 11 is 4.92. The van der Waals surface area contributed by atoms with E-state index in [9.17, 15) is 10.00 Å². The Hall–Kier alpha value is -1.40. The van der Waals surface area contributed by atoms with Crippen molar-refractivity contribution in [3.63, 3.8) is 0 Å². The number of aliphatic hydroxyl groups is 1. The number of nitrogens with zero attached hydrogens (tertiary/aromatic N) is 5. The maximum Gasteiger partial charge on any atom is 0.325 e. The van der Waals surface area contributed by atoms with E-state index >= 15 is 0 Å². The highest BCUT2D eigenvalue weighted by Crippen LogP contribution is 2.53. The van der Waals surface area contributed by atoms with Gasteiger partial charge in [-0.15, -0.1) is 0 Å². The minimum absolute atomic E-state index is 0.0504. The molecule has 0 amide bonds. The highest BCUT2D eigenvalue weighted by molar-refractivity contribution is 8.07. The molecule has 11 nitrogen and oxygen atoms in total. The Morgan fingerprint density at radius 2 is 2.04 bits per heavy atom. The van der Waals surface area contributed by atoms with E-state index in [0.29, 0.717) is 17.1 Å². The first-order chi connectivity index (χ1) is 13.4. The van der Waals surface area contributed by atoms with Gasteiger partial charge in [0.25, 0.3) is 0 Å². The third-order valence-electron chi connectivity index (χ3n) is 5.35. The topological polar surface area (TPSA) is 141 Å². The van der Waals surface area contributed by atoms with Gasteiger partial charge in [-0.25, -0.2) is 15.0 Å². The molecule has 5 atom stereocenters. The molecule has 4 N–H and O–H groups in total. The quantitative estimate of drug-likeness (QED) is 0.568. The summed E-state index contributed by atoms with van der Waals surface area (Å²) < 4.78 is 18.4. The van der Waals surface area contributed by atoms with Crippen molar-refractivity contribution in [2.75, 3.05) is 30.3 Å². The SMILES string of the molecule is Nc1ncnc2c1nc(N1CCCCC1)n2[C@@H]1O[C@@H]2COP(O)(=S)O[C@@H]2C1O. The van der Waals surface area contributed by atoms with E-state index in [1.165, 1.54) is 6.33 Å². The zero-order valence-corrected chi connectivity index (χ0v) is 16.6. The van der Waals surface area contributed by atoms with Crippen molar-refractivity contribution >= 4 is 41.5 Å². The van der Waals surface area contributed by atoms with Gasteiger partial charge in [-0.05, 0) is 31.1 Å². The van der Waals surface area contributed by atoms with Crippen LogP contribution in [0.2, 0.25) is 0 Å². The zero-order valence-electron chi connectivity index (χ0n) is 14.9. The van der Waals surface area contributed by atoms with Gasteiger partial charge in [0.15, 0.2) is 23.2 Å². The molecular weight excluding hydrogens is 407 g/mol. The number of fused-ring (bicyclic) bond motifs is 2. The first kappa shape index (κ1) is 18.6. The molecule has 2 unspecified atom stereocenters. The lowest BCUT2D eigenvalue weighted by molar-refractivity contribution is -0.0589. The summed E-state index contributed by atoms with van der Waals surface area (Å²) in [5.41, 5.74) is 6.95. The predicted molar refractivity (Wildman–Crippen MR) is 103 cm³/mol. The van der Waals surface area contributed by atoms with Crippen LogP contribution in [0.1, 0.15) is 25.5 Å². The molecule has 0 aliphatic carbocycles. The molecule has 0 bridgehead atoms. The molecule has 28 heavy (non-hydrogen) atoms. The monoisotopic (exact) mass is 428 g/mol. The average Bonchev–Trinajstić information content (AvgIpc) is 3.21. The number of nitrogens with two attached hydrogens (primary N) is 1. The number of aromatic nitrogens is 4. The average molecular weight is 428 g/mol. The van der Waals surface area contributed by atoms with Gasteiger partial charge in [-0.1, -0.05) is 0 Å². The molecule has 3 aliphatic heterocycles. The zero-order chi connectivity index (χ0) is 19.5. The summed E-state index contributed by atoms with van der Waals surface area (Å²) in [6, 6.07) is 0. The summed E-state index contributed by atoms with van der Waals surface area (Å²) in [7, 11) is 0. The normalized spacial score (nSPS) is 36.0. The van der Waals surface area contributed by atoms with Crippen molar-refractivity contribution in [3.05, 3.63) is 6.33 Å². The Kier molecular flexibility index (Phi) is 4.55. The summed E-state index contributed by atoms with van der Waals surface area (Å²) in [6.07, 6.45) is 1.36. The van der Waals surface area contributed by atoms with Crippen molar-refractivity contribution in [2.24, 2.45) is 0 Å². The lowest BCUT2D eigenvalue weighted by atomic mass is 10.1. The standard InChI is InChI=1S/C15H21N6O5PS/c16-12-9-13(18-7-17-12)21(15(19-9)20-4-2-1-3-5-20)14-10(22)11-8(25-14)6-24-27(23,28)26-11/h7-8,10-11,14,22H,1-6H2,(H,23,28)(H2,16,17,18)/t8-,10?,11+,14-,27?/m1/s1. The fraction of sp³-hybridized carbons (Fsp3) is 0.667. The molecule has 5 heterocycles. The number of aliphatic hydroxyl groups excluding tert-OH is 1. The number of hydrogen-bond donors (Lipinski definition) is 3. The van der Waals surface area contributed by atoms with Crippen molar-refractivity contribution < 1.29 is 23.8 Å². The molecule has 2 aromatic heterocycles. The summed E-state index contributed by atoms with van der Waals surface area (Å²) in [5, 5.41) is 11.0. The second kappa shape index (κ2) is 6.84. The van der Waals surface area contributed by atoms with Crippen LogP contribution in [0.3, 0.4) is 0 Å². The highest BCUT2D eigenvalue weighted by Gasteiger charge is 2.52. The maximum atomic E-state index is 11.0. The number of ether oxygens (including phenoxy) is 1. The number of rotatable bonds is 2. The van der Waals surface area contributed by atoms with Crippen molar-refractivity contribution in [1.29, 1.82) is 0 Å². The van der Waals surface area contributed by atoms with Crippen molar-refractivity contribution in [3.8, 4) is 0 Å². The van der Waals surface area contributed by atoms with E-state index in [1.807, 2.05) is 0 Å². The second-order valence-electron chi connectivity index (χ2n) is 7.15. The molecule has 0 spiro atoms. The lowest BCUT2D eigenvalue weighted by Crippen LogP contribution is -2.39. The van der Waals surface area contributed by atoms with Crippen molar-refractivity contribution in [1.82, 2.24) is 19.5 Å². The first-order valence-electron chi connectivity index (χ1n) is 9.17. The molecule has 0 aromatic carbocycles. The Bertz CT molecular complexity index is 952. The summed E-state index contributed by atoms with van der Waals surface area (Å²) in [5.74, 6) is 0.881. The molecule has 2 aromatic rings. The number of hydrogen-bond acceptors (Lipinski definition) is 10. The third-order valence-corrected chi connectivity index (χ3v) is 6.91. The molecule has 0 radical (unpaired) electrons. The second-order valence-corrected chi connectivity index (χ2v) is 9.94. The first-order valence-corrected chi connectivity index (χ1v) is 11.8. The van der Waals surface area contributed by atoms with E-state index < -0.39 is 31.3 Å².